The van der Waals surface area contributed by atoms with E-state index in [4.69, 9.17) is 11.6 Å². The van der Waals surface area contributed by atoms with E-state index in [1.165, 1.54) is 5.01 Å². The zero-order chi connectivity index (χ0) is 18.1. The maximum atomic E-state index is 12.4. The topological polar surface area (TPSA) is 100 Å². The smallest absolute Gasteiger partial charge is 0.387 e. The second-order valence-electron chi connectivity index (χ2n) is 4.82. The van der Waals surface area contributed by atoms with Gasteiger partial charge in [0, 0.05) is 18.9 Å². The minimum atomic E-state index is -4.01. The van der Waals surface area contributed by atoms with E-state index in [9.17, 15) is 22.0 Å². The quantitative estimate of drug-likeness (QED) is 0.713. The highest BCUT2D eigenvalue weighted by Gasteiger charge is 2.27. The van der Waals surface area contributed by atoms with Crippen LogP contribution in [-0.4, -0.2) is 45.0 Å². The molecule has 0 bridgehead atoms. The van der Waals surface area contributed by atoms with E-state index in [2.05, 4.69) is 20.9 Å². The predicted octanol–water partition coefficient (Wildman–Crippen LogP) is 1.19. The van der Waals surface area contributed by atoms with Gasteiger partial charge in [0.05, 0.1) is 11.4 Å². The van der Waals surface area contributed by atoms with Crippen molar-refractivity contribution in [1.82, 2.24) is 16.1 Å². The average molecular weight is 383 g/mol. The molecule has 0 aromatic heterocycles. The lowest BCUT2D eigenvalue weighted by Gasteiger charge is -2.15. The number of hydrogen-bond acceptors (Lipinski definition) is 8. The number of ether oxygens (including phenoxy) is 1. The third-order valence-corrected chi connectivity index (χ3v) is 4.71. The van der Waals surface area contributed by atoms with Crippen LogP contribution in [-0.2, 0) is 9.84 Å². The Bertz CT molecular complexity index is 800. The van der Waals surface area contributed by atoms with E-state index in [-0.39, 0.29) is 12.0 Å². The van der Waals surface area contributed by atoms with E-state index >= 15 is 0 Å². The van der Waals surface area contributed by atoms with Gasteiger partial charge in [-0.25, -0.2) is 14.0 Å². The number of sulfone groups is 1. The molecule has 8 nitrogen and oxygen atoms in total. The van der Waals surface area contributed by atoms with Crippen molar-refractivity contribution >= 4 is 33.1 Å². The first-order valence-corrected chi connectivity index (χ1v) is 8.69. The summed E-state index contributed by atoms with van der Waals surface area (Å²) in [7, 11) is -2.41. The maximum absolute atomic E-state index is 12.4. The van der Waals surface area contributed by atoms with E-state index in [1.54, 1.807) is 7.05 Å². The molecule has 12 heteroatoms. The Balaban J connectivity index is 2.43. The van der Waals surface area contributed by atoms with Crippen LogP contribution in [0.25, 0.3) is 0 Å². The third-order valence-electron chi connectivity index (χ3n) is 3.06. The number of Topliss-reactive ketones (excluding diaryl/α,β-unsaturated/α-hetero) is 1. The minimum Gasteiger partial charge on any atom is -0.433 e. The van der Waals surface area contributed by atoms with Gasteiger partial charge in [-0.3, -0.25) is 9.80 Å². The zero-order valence-corrected chi connectivity index (χ0v) is 14.1. The standard InChI is InChI=1S/C12H13ClF2N4O4S/c1-19-9(16-17-18-19)5-7(20)6-3-4-8(23-12(14)15)11(10(6)13)24(2,21)22/h3-4,12,17-18H,5H2,1-2H3. The van der Waals surface area contributed by atoms with Gasteiger partial charge in [-0.15, -0.1) is 10.6 Å². The third kappa shape index (κ3) is 3.91. The number of rotatable bonds is 6. The molecule has 1 aromatic carbocycles. The van der Waals surface area contributed by atoms with Gasteiger partial charge < -0.3 is 4.74 Å². The zero-order valence-electron chi connectivity index (χ0n) is 12.5. The minimum absolute atomic E-state index is 0.137. The number of halogens is 3. The average Bonchev–Trinajstić information content (AvgIpc) is 2.82. The number of ketones is 1. The number of nitrogens with one attached hydrogen (secondary N) is 2. The lowest BCUT2D eigenvalue weighted by atomic mass is 10.1. The molecular weight excluding hydrogens is 370 g/mol. The first-order valence-electron chi connectivity index (χ1n) is 6.42. The summed E-state index contributed by atoms with van der Waals surface area (Å²) in [5.41, 5.74) is 4.90. The number of alkyl halides is 2. The highest BCUT2D eigenvalue weighted by Crippen LogP contribution is 2.35. The van der Waals surface area contributed by atoms with Gasteiger partial charge in [-0.1, -0.05) is 11.6 Å². The lowest BCUT2D eigenvalue weighted by Crippen LogP contribution is -2.38. The first-order chi connectivity index (χ1) is 11.1. The second kappa shape index (κ2) is 6.87. The van der Waals surface area contributed by atoms with Crippen LogP contribution < -0.4 is 15.8 Å². The Morgan fingerprint density at radius 3 is 2.62 bits per heavy atom. The first kappa shape index (κ1) is 18.4. The van der Waals surface area contributed by atoms with Gasteiger partial charge in [-0.2, -0.15) is 8.78 Å². The number of carbonyl (C=O) groups is 1. The molecule has 1 heterocycles. The van der Waals surface area contributed by atoms with Crippen LogP contribution in [0.4, 0.5) is 8.78 Å². The van der Waals surface area contributed by atoms with Crippen molar-refractivity contribution in [1.29, 1.82) is 0 Å². The fourth-order valence-corrected chi connectivity index (χ4v) is 3.59. The number of hydrazone groups is 1. The molecule has 1 aromatic rings. The Morgan fingerprint density at radius 1 is 1.46 bits per heavy atom. The Kier molecular flexibility index (Phi) is 5.26. The SMILES string of the molecule is CN1NNN=C1CC(=O)c1ccc(OC(F)F)c(S(C)(=O)=O)c1Cl. The van der Waals surface area contributed by atoms with Crippen molar-refractivity contribution in [3.8, 4) is 5.75 Å². The van der Waals surface area contributed by atoms with Crippen molar-refractivity contribution in [2.45, 2.75) is 17.9 Å². The van der Waals surface area contributed by atoms with Crippen molar-refractivity contribution in [2.24, 2.45) is 5.10 Å². The summed E-state index contributed by atoms with van der Waals surface area (Å²) in [6, 6.07) is 2.10. The monoisotopic (exact) mass is 382 g/mol. The van der Waals surface area contributed by atoms with Crippen LogP contribution in [0.15, 0.2) is 22.1 Å². The van der Waals surface area contributed by atoms with E-state index < -0.39 is 37.9 Å². The van der Waals surface area contributed by atoms with Crippen LogP contribution in [0.2, 0.25) is 5.02 Å². The fourth-order valence-electron chi connectivity index (χ4n) is 1.99. The molecule has 0 unspecified atom stereocenters. The van der Waals surface area contributed by atoms with Crippen molar-refractivity contribution in [2.75, 3.05) is 13.3 Å². The summed E-state index contributed by atoms with van der Waals surface area (Å²) < 4.78 is 52.7. The number of benzene rings is 1. The number of carbonyl (C=O) groups excluding carboxylic acids is 1. The molecule has 0 amide bonds. The maximum Gasteiger partial charge on any atom is 0.387 e. The van der Waals surface area contributed by atoms with Crippen molar-refractivity contribution < 1.29 is 26.7 Å². The van der Waals surface area contributed by atoms with Crippen LogP contribution in [0, 0.1) is 0 Å². The van der Waals surface area contributed by atoms with E-state index in [0.717, 1.165) is 18.4 Å². The molecule has 2 rings (SSSR count). The number of hydrazine groups is 2. The number of hydrogen-bond donors (Lipinski definition) is 2. The molecule has 24 heavy (non-hydrogen) atoms. The summed E-state index contributed by atoms with van der Waals surface area (Å²) in [6.45, 7) is -3.23. The lowest BCUT2D eigenvalue weighted by molar-refractivity contribution is -0.0517. The largest absolute Gasteiger partial charge is 0.433 e. The molecule has 0 radical (unpaired) electrons. The summed E-state index contributed by atoms with van der Waals surface area (Å²) in [4.78, 5) is 11.7. The normalized spacial score (nSPS) is 14.6. The summed E-state index contributed by atoms with van der Waals surface area (Å²) >= 11 is 5.99. The molecule has 0 fully saturated rings. The highest BCUT2D eigenvalue weighted by molar-refractivity contribution is 7.91. The van der Waals surface area contributed by atoms with Crippen LogP contribution >= 0.6 is 11.6 Å². The molecule has 0 atom stereocenters. The molecule has 2 N–H and O–H groups in total. The van der Waals surface area contributed by atoms with Gasteiger partial charge >= 0.3 is 6.61 Å². The van der Waals surface area contributed by atoms with Crippen LogP contribution in [0.1, 0.15) is 16.8 Å². The van der Waals surface area contributed by atoms with Crippen molar-refractivity contribution in [3.63, 3.8) is 0 Å². The fraction of sp³-hybridized carbons (Fsp3) is 0.333. The van der Waals surface area contributed by atoms with Crippen LogP contribution in [0.5, 0.6) is 5.75 Å². The molecule has 0 saturated carbocycles. The van der Waals surface area contributed by atoms with Gasteiger partial charge in [-0.05, 0) is 12.1 Å². The molecular formula is C12H13ClF2N4O4S. The van der Waals surface area contributed by atoms with Gasteiger partial charge in [0.2, 0.25) is 0 Å². The molecule has 132 valence electrons. The summed E-state index contributed by atoms with van der Waals surface area (Å²) in [5, 5.41) is 4.79. The van der Waals surface area contributed by atoms with Gasteiger partial charge in [0.1, 0.15) is 16.5 Å². The Labute approximate surface area is 141 Å². The predicted molar refractivity (Wildman–Crippen MR) is 81.6 cm³/mol. The van der Waals surface area contributed by atoms with E-state index in [1.807, 2.05) is 0 Å². The van der Waals surface area contributed by atoms with Crippen LogP contribution in [0.3, 0.4) is 0 Å². The Morgan fingerprint density at radius 2 is 2.12 bits per heavy atom. The molecule has 0 saturated heterocycles. The molecule has 1 aliphatic rings. The van der Waals surface area contributed by atoms with Gasteiger partial charge in [0.15, 0.2) is 15.6 Å². The molecule has 0 aliphatic carbocycles. The number of amidine groups is 1. The van der Waals surface area contributed by atoms with Crippen molar-refractivity contribution in [3.05, 3.63) is 22.7 Å². The number of nitrogens with zero attached hydrogens (tertiary/aromatic N) is 2. The van der Waals surface area contributed by atoms with Gasteiger partial charge in [0.25, 0.3) is 0 Å². The molecule has 1 aliphatic heterocycles. The summed E-state index contributed by atoms with van der Waals surface area (Å²) in [6.07, 6.45) is 0.595. The van der Waals surface area contributed by atoms with E-state index in [0.29, 0.717) is 5.84 Å². The molecule has 0 spiro atoms. The highest BCUT2D eigenvalue weighted by atomic mass is 35.5. The Hall–Kier alpha value is -1.98. The summed E-state index contributed by atoms with van der Waals surface area (Å²) in [5.74, 6) is -0.817. The second-order valence-corrected chi connectivity index (χ2v) is 7.15.